The molecule has 42 heavy (non-hydrogen) atoms. The molecule has 0 saturated carbocycles. The third kappa shape index (κ3) is 8.31. The monoisotopic (exact) mass is 585 g/mol. The van der Waals surface area contributed by atoms with Crippen LogP contribution >= 0.6 is 0 Å². The normalized spacial score (nSPS) is 14.2. The van der Waals surface area contributed by atoms with E-state index in [4.69, 9.17) is 4.74 Å². The van der Waals surface area contributed by atoms with Crippen molar-refractivity contribution in [1.29, 1.82) is 0 Å². The van der Waals surface area contributed by atoms with Crippen LogP contribution in [-0.4, -0.2) is 49.7 Å². The average molecular weight is 586 g/mol. The number of nitrogens with one attached hydrogen (secondary N) is 2. The molecule has 3 aromatic carbocycles. The van der Waals surface area contributed by atoms with E-state index in [2.05, 4.69) is 19.9 Å². The van der Waals surface area contributed by atoms with Crippen LogP contribution in [0.4, 0.5) is 16.2 Å². The number of sulfonamides is 1. The Hall–Kier alpha value is -4.41. The van der Waals surface area contributed by atoms with Crippen LogP contribution < -0.4 is 19.7 Å². The highest BCUT2D eigenvalue weighted by atomic mass is 32.2. The Morgan fingerprint density at radius 1 is 0.905 bits per heavy atom. The summed E-state index contributed by atoms with van der Waals surface area (Å²) in [6, 6.07) is 30.3. The van der Waals surface area contributed by atoms with Crippen LogP contribution in [0.5, 0.6) is 11.6 Å². The number of hydrogen-bond acceptors (Lipinski definition) is 6. The van der Waals surface area contributed by atoms with Gasteiger partial charge in [0.25, 0.3) is 0 Å². The fourth-order valence-electron chi connectivity index (χ4n) is 5.03. The van der Waals surface area contributed by atoms with Gasteiger partial charge < -0.3 is 10.1 Å². The van der Waals surface area contributed by atoms with Gasteiger partial charge in [0.15, 0.2) is 0 Å². The zero-order valence-electron chi connectivity index (χ0n) is 23.5. The smallest absolute Gasteiger partial charge is 0.322 e. The van der Waals surface area contributed by atoms with Gasteiger partial charge in [0.1, 0.15) is 5.75 Å². The Morgan fingerprint density at radius 2 is 1.57 bits per heavy atom. The molecule has 2 heterocycles. The number of nitrogens with zero attached hydrogens (tertiary/aromatic N) is 3. The van der Waals surface area contributed by atoms with Crippen molar-refractivity contribution in [2.24, 2.45) is 0 Å². The fraction of sp³-hybridized carbons (Fsp3) is 0.250. The summed E-state index contributed by atoms with van der Waals surface area (Å²) in [5.74, 6) is 1.02. The average Bonchev–Trinajstić information content (AvgIpc) is 2.99. The quantitative estimate of drug-likeness (QED) is 0.250. The van der Waals surface area contributed by atoms with Gasteiger partial charge in [-0.2, -0.15) is 0 Å². The second-order valence-electron chi connectivity index (χ2n) is 10.4. The van der Waals surface area contributed by atoms with Gasteiger partial charge in [0, 0.05) is 55.9 Å². The zero-order valence-corrected chi connectivity index (χ0v) is 24.3. The lowest BCUT2D eigenvalue weighted by molar-refractivity contribution is 0.197. The number of benzene rings is 3. The molecule has 1 aromatic heterocycles. The molecule has 0 radical (unpaired) electrons. The Kier molecular flexibility index (Phi) is 9.35. The van der Waals surface area contributed by atoms with Crippen molar-refractivity contribution in [2.75, 3.05) is 29.0 Å². The van der Waals surface area contributed by atoms with Crippen molar-refractivity contribution in [3.05, 3.63) is 114 Å². The maximum atomic E-state index is 13.4. The van der Waals surface area contributed by atoms with Crippen LogP contribution in [0.1, 0.15) is 24.0 Å². The van der Waals surface area contributed by atoms with Gasteiger partial charge in [0.05, 0.1) is 6.26 Å². The summed E-state index contributed by atoms with van der Waals surface area (Å²) < 4.78 is 31.0. The highest BCUT2D eigenvalue weighted by Crippen LogP contribution is 2.26. The van der Waals surface area contributed by atoms with Crippen LogP contribution in [0.25, 0.3) is 0 Å². The minimum absolute atomic E-state index is 0.0791. The lowest BCUT2D eigenvalue weighted by Crippen LogP contribution is -2.50. The van der Waals surface area contributed by atoms with Crippen molar-refractivity contribution in [1.82, 2.24) is 15.2 Å². The number of rotatable bonds is 10. The largest absolute Gasteiger partial charge is 0.439 e. The molecule has 0 bridgehead atoms. The number of para-hydroxylation sites is 1. The number of ether oxygens (including phenoxy) is 1. The zero-order chi connectivity index (χ0) is 29.4. The first-order valence-corrected chi connectivity index (χ1v) is 15.8. The van der Waals surface area contributed by atoms with Gasteiger partial charge >= 0.3 is 6.03 Å². The summed E-state index contributed by atoms with van der Waals surface area (Å²) in [4.78, 5) is 22.1. The summed E-state index contributed by atoms with van der Waals surface area (Å²) in [5.41, 5.74) is 3.52. The van der Waals surface area contributed by atoms with Gasteiger partial charge in [-0.3, -0.25) is 14.5 Å². The lowest BCUT2D eigenvalue weighted by Gasteiger charge is -2.38. The molecule has 0 aliphatic carbocycles. The van der Waals surface area contributed by atoms with E-state index in [0.29, 0.717) is 23.9 Å². The number of aromatic nitrogens is 1. The third-order valence-electron chi connectivity index (χ3n) is 7.05. The highest BCUT2D eigenvalue weighted by molar-refractivity contribution is 7.92. The molecule has 1 fully saturated rings. The lowest BCUT2D eigenvalue weighted by atomic mass is 10.0. The molecule has 4 aromatic rings. The SMILES string of the molecule is CS(=O)(=O)Nc1ccc(Oc2ccc(CN3CCC(N(C(=O)NCc4ccccc4)c4ccccc4)CC3)cn2)cc1. The van der Waals surface area contributed by atoms with Gasteiger partial charge in [-0.1, -0.05) is 54.6 Å². The number of amides is 2. The Bertz CT molecular complexity index is 1540. The van der Waals surface area contributed by atoms with E-state index in [9.17, 15) is 13.2 Å². The van der Waals surface area contributed by atoms with E-state index in [1.165, 1.54) is 0 Å². The van der Waals surface area contributed by atoms with Gasteiger partial charge in [-0.15, -0.1) is 0 Å². The molecule has 218 valence electrons. The maximum Gasteiger partial charge on any atom is 0.322 e. The molecule has 9 nitrogen and oxygen atoms in total. The fourth-order valence-corrected chi connectivity index (χ4v) is 5.59. The Labute approximate surface area is 247 Å². The number of carbonyl (C=O) groups is 1. The van der Waals surface area contributed by atoms with E-state index in [1.54, 1.807) is 24.3 Å². The molecule has 0 unspecified atom stereocenters. The first kappa shape index (κ1) is 29.1. The summed E-state index contributed by atoms with van der Waals surface area (Å²) in [7, 11) is -3.33. The molecular formula is C32H35N5O4S. The summed E-state index contributed by atoms with van der Waals surface area (Å²) in [6.07, 6.45) is 4.66. The van der Waals surface area contributed by atoms with E-state index in [0.717, 1.165) is 55.5 Å². The van der Waals surface area contributed by atoms with Crippen molar-refractivity contribution in [2.45, 2.75) is 32.0 Å². The predicted octanol–water partition coefficient (Wildman–Crippen LogP) is 5.63. The van der Waals surface area contributed by atoms with Crippen molar-refractivity contribution < 1.29 is 17.9 Å². The number of carbonyl (C=O) groups excluding carboxylic acids is 1. The Morgan fingerprint density at radius 3 is 2.19 bits per heavy atom. The molecule has 0 atom stereocenters. The van der Waals surface area contributed by atoms with Crippen LogP contribution in [0.2, 0.25) is 0 Å². The minimum Gasteiger partial charge on any atom is -0.439 e. The molecule has 1 aliphatic rings. The molecule has 2 amide bonds. The van der Waals surface area contributed by atoms with Crippen molar-refractivity contribution in [3.8, 4) is 11.6 Å². The maximum absolute atomic E-state index is 13.4. The number of likely N-dealkylation sites (tertiary alicyclic amines) is 1. The number of pyridine rings is 1. The van der Waals surface area contributed by atoms with Gasteiger partial charge in [-0.05, 0) is 60.4 Å². The number of hydrogen-bond donors (Lipinski definition) is 2. The van der Waals surface area contributed by atoms with E-state index < -0.39 is 10.0 Å². The summed E-state index contributed by atoms with van der Waals surface area (Å²) >= 11 is 0. The van der Waals surface area contributed by atoms with E-state index >= 15 is 0 Å². The first-order chi connectivity index (χ1) is 20.3. The second kappa shape index (κ2) is 13.5. The molecule has 1 aliphatic heterocycles. The molecule has 2 N–H and O–H groups in total. The summed E-state index contributed by atoms with van der Waals surface area (Å²) in [5, 5.41) is 3.11. The number of anilines is 2. The first-order valence-electron chi connectivity index (χ1n) is 13.9. The molecule has 1 saturated heterocycles. The predicted molar refractivity (Wildman–Crippen MR) is 165 cm³/mol. The molecule has 10 heteroatoms. The molecular weight excluding hydrogens is 550 g/mol. The van der Waals surface area contributed by atoms with Crippen LogP contribution in [0, 0.1) is 0 Å². The Balaban J connectivity index is 1.14. The standard InChI is InChI=1S/C32H35N5O4S/c1-42(39,40)35-27-13-15-30(16-14-27)41-31-17-12-26(23-33-31)24-36-20-18-29(19-21-36)37(28-10-6-3-7-11-28)32(38)34-22-25-8-4-2-5-9-25/h2-17,23,29,35H,18-22,24H2,1H3,(H,34,38). The highest BCUT2D eigenvalue weighted by Gasteiger charge is 2.29. The number of urea groups is 1. The van der Waals surface area contributed by atoms with E-state index in [-0.39, 0.29) is 12.1 Å². The molecule has 5 rings (SSSR count). The van der Waals surface area contributed by atoms with Crippen LogP contribution in [0.3, 0.4) is 0 Å². The van der Waals surface area contributed by atoms with Crippen LogP contribution in [0.15, 0.2) is 103 Å². The van der Waals surface area contributed by atoms with Gasteiger partial charge in [0.2, 0.25) is 15.9 Å². The molecule has 0 spiro atoms. The topological polar surface area (TPSA) is 104 Å². The second-order valence-corrected chi connectivity index (χ2v) is 12.1. The van der Waals surface area contributed by atoms with E-state index in [1.807, 2.05) is 83.9 Å². The van der Waals surface area contributed by atoms with Crippen molar-refractivity contribution >= 4 is 27.4 Å². The van der Waals surface area contributed by atoms with Gasteiger partial charge in [-0.25, -0.2) is 18.2 Å². The summed E-state index contributed by atoms with van der Waals surface area (Å²) in [6.45, 7) is 2.98. The van der Waals surface area contributed by atoms with Crippen molar-refractivity contribution in [3.63, 3.8) is 0 Å². The minimum atomic E-state index is -3.33. The van der Waals surface area contributed by atoms with Crippen LogP contribution in [-0.2, 0) is 23.1 Å². The number of piperidine rings is 1. The third-order valence-corrected chi connectivity index (χ3v) is 7.65.